The van der Waals surface area contributed by atoms with Crippen LogP contribution in [0.15, 0.2) is 170 Å². The lowest BCUT2D eigenvalue weighted by Crippen LogP contribution is -2.25. The molecule has 6 aromatic carbocycles. The Balaban J connectivity index is 1.28. The zero-order valence-corrected chi connectivity index (χ0v) is 23.6. The third kappa shape index (κ3) is 5.08. The number of ether oxygens (including phenoxy) is 1. The van der Waals surface area contributed by atoms with Crippen LogP contribution < -0.4 is 4.74 Å². The third-order valence-corrected chi connectivity index (χ3v) is 8.50. The Kier molecular flexibility index (Phi) is 7.27. The van der Waals surface area contributed by atoms with E-state index < -0.39 is 0 Å². The maximum atomic E-state index is 6.34. The maximum Gasteiger partial charge on any atom is 0.127 e. The van der Waals surface area contributed by atoms with Crippen LogP contribution in [-0.2, 0) is 10.8 Å². The van der Waals surface area contributed by atoms with E-state index in [1.54, 1.807) is 0 Å². The molecule has 1 nitrogen and oxygen atoms in total. The van der Waals surface area contributed by atoms with Crippen molar-refractivity contribution in [3.8, 4) is 11.5 Å². The summed E-state index contributed by atoms with van der Waals surface area (Å²) >= 11 is 0. The van der Waals surface area contributed by atoms with Crippen LogP contribution in [0.1, 0.15) is 47.2 Å². The second-order valence-corrected chi connectivity index (χ2v) is 10.9. The molecular weight excluding hydrogens is 496 g/mol. The highest BCUT2D eigenvalue weighted by Crippen LogP contribution is 2.41. The first-order valence-corrected chi connectivity index (χ1v) is 14.2. The lowest BCUT2D eigenvalue weighted by molar-refractivity contribution is 0.481. The molecule has 0 aromatic heterocycles. The van der Waals surface area contributed by atoms with Gasteiger partial charge in [0.25, 0.3) is 0 Å². The standard InChI is InChI=1S/C40H34O/c1-39(31-15-7-3-8-16-31,32-17-9-4-10-18-32)35-23-27-37(28-24-35)41-38-29-25-36(26-30-38)40(2,33-19-11-5-12-20-33)34-21-13-6-14-22-34/h3-30H,1-2H3. The minimum atomic E-state index is -0.276. The fourth-order valence-electron chi connectivity index (χ4n) is 5.93. The molecule has 0 unspecified atom stereocenters. The zero-order valence-electron chi connectivity index (χ0n) is 23.6. The van der Waals surface area contributed by atoms with Crippen LogP contribution in [0.4, 0.5) is 0 Å². The summed E-state index contributed by atoms with van der Waals surface area (Å²) in [6.07, 6.45) is 0. The summed E-state index contributed by atoms with van der Waals surface area (Å²) in [6.45, 7) is 4.59. The summed E-state index contributed by atoms with van der Waals surface area (Å²) < 4.78 is 6.34. The molecule has 6 aromatic rings. The van der Waals surface area contributed by atoms with Gasteiger partial charge in [0.05, 0.1) is 0 Å². The van der Waals surface area contributed by atoms with Gasteiger partial charge in [-0.2, -0.15) is 0 Å². The molecule has 0 aliphatic rings. The van der Waals surface area contributed by atoms with Gasteiger partial charge in [-0.05, 0) is 71.5 Å². The normalized spacial score (nSPS) is 11.7. The molecule has 200 valence electrons. The minimum Gasteiger partial charge on any atom is -0.457 e. The Morgan fingerprint density at radius 2 is 0.512 bits per heavy atom. The average Bonchev–Trinajstić information content (AvgIpc) is 3.06. The highest BCUT2D eigenvalue weighted by Gasteiger charge is 2.32. The van der Waals surface area contributed by atoms with E-state index in [2.05, 4.69) is 184 Å². The van der Waals surface area contributed by atoms with E-state index in [4.69, 9.17) is 4.74 Å². The Morgan fingerprint density at radius 3 is 0.756 bits per heavy atom. The van der Waals surface area contributed by atoms with Crippen LogP contribution in [0, 0.1) is 0 Å². The van der Waals surface area contributed by atoms with Gasteiger partial charge in [-0.1, -0.05) is 146 Å². The van der Waals surface area contributed by atoms with Gasteiger partial charge in [-0.25, -0.2) is 0 Å². The van der Waals surface area contributed by atoms with Crippen molar-refractivity contribution in [1.29, 1.82) is 0 Å². The van der Waals surface area contributed by atoms with Gasteiger partial charge in [0, 0.05) is 10.8 Å². The van der Waals surface area contributed by atoms with E-state index in [9.17, 15) is 0 Å². The SMILES string of the molecule is CC(c1ccccc1)(c1ccccc1)c1ccc(Oc2ccc(C(C)(c3ccccc3)c3ccccc3)cc2)cc1. The summed E-state index contributed by atoms with van der Waals surface area (Å²) in [4.78, 5) is 0. The van der Waals surface area contributed by atoms with E-state index in [1.165, 1.54) is 33.4 Å². The van der Waals surface area contributed by atoms with E-state index >= 15 is 0 Å². The topological polar surface area (TPSA) is 9.23 Å². The van der Waals surface area contributed by atoms with Gasteiger partial charge < -0.3 is 4.74 Å². The minimum absolute atomic E-state index is 0.276. The van der Waals surface area contributed by atoms with Crippen molar-refractivity contribution in [2.75, 3.05) is 0 Å². The number of benzene rings is 6. The average molecular weight is 531 g/mol. The van der Waals surface area contributed by atoms with Gasteiger partial charge in [0.15, 0.2) is 0 Å². The molecule has 0 aliphatic carbocycles. The second kappa shape index (κ2) is 11.3. The smallest absolute Gasteiger partial charge is 0.127 e. The first kappa shape index (κ1) is 26.3. The number of hydrogen-bond donors (Lipinski definition) is 0. The van der Waals surface area contributed by atoms with Crippen molar-refractivity contribution in [3.63, 3.8) is 0 Å². The number of rotatable bonds is 8. The van der Waals surface area contributed by atoms with Crippen LogP contribution >= 0.6 is 0 Å². The number of hydrogen-bond acceptors (Lipinski definition) is 1. The molecule has 0 fully saturated rings. The molecule has 0 aliphatic heterocycles. The Morgan fingerprint density at radius 1 is 0.293 bits per heavy atom. The van der Waals surface area contributed by atoms with Gasteiger partial charge >= 0.3 is 0 Å². The predicted molar refractivity (Wildman–Crippen MR) is 170 cm³/mol. The van der Waals surface area contributed by atoms with Crippen LogP contribution in [0.3, 0.4) is 0 Å². The van der Waals surface area contributed by atoms with Gasteiger partial charge in [0.2, 0.25) is 0 Å². The van der Waals surface area contributed by atoms with E-state index in [-0.39, 0.29) is 10.8 Å². The molecule has 0 saturated carbocycles. The second-order valence-electron chi connectivity index (χ2n) is 10.9. The summed E-state index contributed by atoms with van der Waals surface area (Å²) in [7, 11) is 0. The lowest BCUT2D eigenvalue weighted by Gasteiger charge is -2.32. The van der Waals surface area contributed by atoms with Gasteiger partial charge in [0.1, 0.15) is 11.5 Å². The van der Waals surface area contributed by atoms with Crippen LogP contribution in [0.25, 0.3) is 0 Å². The molecule has 0 spiro atoms. The monoisotopic (exact) mass is 530 g/mol. The Labute approximate surface area is 243 Å². The highest BCUT2D eigenvalue weighted by molar-refractivity contribution is 5.52. The van der Waals surface area contributed by atoms with Crippen molar-refractivity contribution in [2.24, 2.45) is 0 Å². The van der Waals surface area contributed by atoms with Gasteiger partial charge in [-0.3, -0.25) is 0 Å². The quantitative estimate of drug-likeness (QED) is 0.178. The first-order valence-electron chi connectivity index (χ1n) is 14.2. The van der Waals surface area contributed by atoms with Crippen LogP contribution in [0.2, 0.25) is 0 Å². The Bertz CT molecular complexity index is 1460. The van der Waals surface area contributed by atoms with Crippen molar-refractivity contribution in [3.05, 3.63) is 203 Å². The molecule has 0 heterocycles. The predicted octanol–water partition coefficient (Wildman–Crippen LogP) is 10.2. The summed E-state index contributed by atoms with van der Waals surface area (Å²) in [5.41, 5.74) is 6.93. The largest absolute Gasteiger partial charge is 0.457 e. The van der Waals surface area contributed by atoms with Gasteiger partial charge in [-0.15, -0.1) is 0 Å². The van der Waals surface area contributed by atoms with E-state index in [1.807, 2.05) is 0 Å². The van der Waals surface area contributed by atoms with E-state index in [0.717, 1.165) is 11.5 Å². The third-order valence-electron chi connectivity index (χ3n) is 8.50. The van der Waals surface area contributed by atoms with E-state index in [0.29, 0.717) is 0 Å². The summed E-state index contributed by atoms with van der Waals surface area (Å²) in [5.74, 6) is 1.64. The molecule has 0 atom stereocenters. The molecule has 0 bridgehead atoms. The molecule has 0 radical (unpaired) electrons. The molecule has 41 heavy (non-hydrogen) atoms. The van der Waals surface area contributed by atoms with Crippen molar-refractivity contribution in [1.82, 2.24) is 0 Å². The molecule has 1 heteroatoms. The van der Waals surface area contributed by atoms with Crippen molar-refractivity contribution in [2.45, 2.75) is 24.7 Å². The fraction of sp³-hybridized carbons (Fsp3) is 0.100. The van der Waals surface area contributed by atoms with Crippen LogP contribution in [-0.4, -0.2) is 0 Å². The maximum absolute atomic E-state index is 6.34. The molecule has 0 N–H and O–H groups in total. The van der Waals surface area contributed by atoms with Crippen molar-refractivity contribution >= 4 is 0 Å². The Hall–Kier alpha value is -4.88. The first-order chi connectivity index (χ1) is 20.1. The zero-order chi connectivity index (χ0) is 28.1. The van der Waals surface area contributed by atoms with Crippen molar-refractivity contribution < 1.29 is 4.74 Å². The highest BCUT2D eigenvalue weighted by atomic mass is 16.5. The molecule has 0 saturated heterocycles. The molecule has 0 amide bonds. The summed E-state index contributed by atoms with van der Waals surface area (Å²) in [6, 6.07) is 59.8. The summed E-state index contributed by atoms with van der Waals surface area (Å²) in [5, 5.41) is 0. The van der Waals surface area contributed by atoms with Crippen LogP contribution in [0.5, 0.6) is 11.5 Å². The molecule has 6 rings (SSSR count). The molecular formula is C40H34O. The fourth-order valence-corrected chi connectivity index (χ4v) is 5.93. The lowest BCUT2D eigenvalue weighted by atomic mass is 9.71.